The van der Waals surface area contributed by atoms with E-state index in [-0.39, 0.29) is 11.3 Å². The van der Waals surface area contributed by atoms with Crippen LogP contribution in [0.3, 0.4) is 0 Å². The van der Waals surface area contributed by atoms with Gasteiger partial charge in [-0.05, 0) is 47.4 Å². The molecule has 1 N–H and O–H groups in total. The predicted octanol–water partition coefficient (Wildman–Crippen LogP) is 6.66. The summed E-state index contributed by atoms with van der Waals surface area (Å²) >= 11 is 6.46. The van der Waals surface area contributed by atoms with Crippen molar-refractivity contribution >= 4 is 34.2 Å². The van der Waals surface area contributed by atoms with Gasteiger partial charge < -0.3 is 9.73 Å². The summed E-state index contributed by atoms with van der Waals surface area (Å²) in [5, 5.41) is 4.02. The first-order valence-corrected chi connectivity index (χ1v) is 10.3. The average molecular weight is 432 g/mol. The van der Waals surface area contributed by atoms with Crippen molar-refractivity contribution in [1.82, 2.24) is 0 Å². The van der Waals surface area contributed by atoms with Gasteiger partial charge in [0.2, 0.25) is 0 Å². The van der Waals surface area contributed by atoms with Crippen LogP contribution in [0.4, 0.5) is 5.69 Å². The Hall–Kier alpha value is -3.37. The molecule has 0 spiro atoms. The Bertz CT molecular complexity index is 1330. The van der Waals surface area contributed by atoms with Crippen LogP contribution in [0.15, 0.2) is 82.0 Å². The fourth-order valence-corrected chi connectivity index (χ4v) is 3.67. The zero-order valence-electron chi connectivity index (χ0n) is 17.5. The van der Waals surface area contributed by atoms with Crippen LogP contribution in [-0.2, 0) is 5.41 Å². The molecule has 31 heavy (non-hydrogen) atoms. The SMILES string of the molecule is CC(C)(C)c1ccc(C(=O)Nc2ccc(-c3cc4ccccc4oc3=O)c(Cl)c2)cc1. The fraction of sp³-hybridized carbons (Fsp3) is 0.154. The van der Waals surface area contributed by atoms with Gasteiger partial charge in [0.05, 0.1) is 10.6 Å². The highest BCUT2D eigenvalue weighted by Crippen LogP contribution is 2.30. The van der Waals surface area contributed by atoms with E-state index in [0.717, 1.165) is 10.9 Å². The largest absolute Gasteiger partial charge is 0.422 e. The maximum Gasteiger partial charge on any atom is 0.344 e. The molecule has 0 fully saturated rings. The second-order valence-corrected chi connectivity index (χ2v) is 8.87. The zero-order valence-corrected chi connectivity index (χ0v) is 18.3. The summed E-state index contributed by atoms with van der Waals surface area (Å²) in [5.74, 6) is -0.227. The number of benzene rings is 3. The Morgan fingerprint density at radius 1 is 0.903 bits per heavy atom. The van der Waals surface area contributed by atoms with E-state index in [4.69, 9.17) is 16.0 Å². The number of anilines is 1. The van der Waals surface area contributed by atoms with Gasteiger partial charge in [-0.3, -0.25) is 4.79 Å². The van der Waals surface area contributed by atoms with Gasteiger partial charge in [-0.25, -0.2) is 4.79 Å². The summed E-state index contributed by atoms with van der Waals surface area (Å²) in [7, 11) is 0. The first kappa shape index (κ1) is 20.9. The van der Waals surface area contributed by atoms with Gasteiger partial charge >= 0.3 is 5.63 Å². The molecular weight excluding hydrogens is 410 g/mol. The Morgan fingerprint density at radius 3 is 2.29 bits per heavy atom. The Morgan fingerprint density at radius 2 is 1.61 bits per heavy atom. The van der Waals surface area contributed by atoms with Crippen molar-refractivity contribution in [3.05, 3.63) is 99.4 Å². The number of amides is 1. The van der Waals surface area contributed by atoms with Crippen molar-refractivity contribution in [2.45, 2.75) is 26.2 Å². The molecular formula is C26H22ClNO3. The molecule has 4 rings (SSSR count). The summed E-state index contributed by atoms with van der Waals surface area (Å²) in [4.78, 5) is 25.1. The van der Waals surface area contributed by atoms with Crippen molar-refractivity contribution in [3.8, 4) is 11.1 Å². The van der Waals surface area contributed by atoms with E-state index >= 15 is 0 Å². The summed E-state index contributed by atoms with van der Waals surface area (Å²) in [6, 6.07) is 21.7. The predicted molar refractivity (Wildman–Crippen MR) is 126 cm³/mol. The lowest BCUT2D eigenvalue weighted by atomic mass is 9.87. The lowest BCUT2D eigenvalue weighted by Gasteiger charge is -2.19. The molecule has 0 radical (unpaired) electrons. The first-order valence-electron chi connectivity index (χ1n) is 9.97. The van der Waals surface area contributed by atoms with Gasteiger partial charge in [-0.1, -0.05) is 68.8 Å². The van der Waals surface area contributed by atoms with Gasteiger partial charge in [0.15, 0.2) is 0 Å². The van der Waals surface area contributed by atoms with Crippen molar-refractivity contribution in [1.29, 1.82) is 0 Å². The van der Waals surface area contributed by atoms with E-state index in [1.165, 1.54) is 0 Å². The normalized spacial score (nSPS) is 11.5. The van der Waals surface area contributed by atoms with Crippen molar-refractivity contribution < 1.29 is 9.21 Å². The number of para-hydroxylation sites is 1. The van der Waals surface area contributed by atoms with Crippen LogP contribution < -0.4 is 10.9 Å². The molecule has 0 aliphatic heterocycles. The van der Waals surface area contributed by atoms with Crippen molar-refractivity contribution in [3.63, 3.8) is 0 Å². The maximum absolute atomic E-state index is 12.6. The highest BCUT2D eigenvalue weighted by atomic mass is 35.5. The van der Waals surface area contributed by atoms with Crippen molar-refractivity contribution in [2.75, 3.05) is 5.32 Å². The molecule has 4 aromatic rings. The third-order valence-electron chi connectivity index (χ3n) is 5.17. The van der Waals surface area contributed by atoms with Gasteiger partial charge in [0, 0.05) is 22.2 Å². The number of carbonyl (C=O) groups is 1. The summed E-state index contributed by atoms with van der Waals surface area (Å²) in [6.45, 7) is 6.38. The van der Waals surface area contributed by atoms with E-state index in [9.17, 15) is 9.59 Å². The van der Waals surface area contributed by atoms with Crippen LogP contribution >= 0.6 is 11.6 Å². The molecule has 0 bridgehead atoms. The molecule has 156 valence electrons. The Kier molecular flexibility index (Phi) is 5.42. The Labute approximate surface area is 185 Å². The molecule has 3 aromatic carbocycles. The molecule has 1 heterocycles. The molecule has 0 atom stereocenters. The number of fused-ring (bicyclic) bond motifs is 1. The second-order valence-electron chi connectivity index (χ2n) is 8.46. The first-order chi connectivity index (χ1) is 14.7. The molecule has 4 nitrogen and oxygen atoms in total. The zero-order chi connectivity index (χ0) is 22.2. The number of hydrogen-bond donors (Lipinski definition) is 1. The van der Waals surface area contributed by atoms with Gasteiger partial charge in [-0.15, -0.1) is 0 Å². The monoisotopic (exact) mass is 431 g/mol. The number of rotatable bonds is 3. The highest BCUT2D eigenvalue weighted by Gasteiger charge is 2.15. The highest BCUT2D eigenvalue weighted by molar-refractivity contribution is 6.33. The molecule has 1 aromatic heterocycles. The minimum absolute atomic E-state index is 0.0217. The summed E-state index contributed by atoms with van der Waals surface area (Å²) in [5.41, 5.74) is 3.27. The minimum atomic E-state index is -0.462. The smallest absolute Gasteiger partial charge is 0.344 e. The second kappa shape index (κ2) is 8.05. The van der Waals surface area contributed by atoms with E-state index < -0.39 is 5.63 Å². The molecule has 0 unspecified atom stereocenters. The van der Waals surface area contributed by atoms with Crippen LogP contribution in [0.25, 0.3) is 22.1 Å². The lowest BCUT2D eigenvalue weighted by molar-refractivity contribution is 0.102. The molecule has 0 aliphatic rings. The quantitative estimate of drug-likeness (QED) is 0.369. The van der Waals surface area contributed by atoms with Crippen LogP contribution in [0.2, 0.25) is 5.02 Å². The van der Waals surface area contributed by atoms with E-state index in [1.54, 1.807) is 30.3 Å². The van der Waals surface area contributed by atoms with Gasteiger partial charge in [-0.2, -0.15) is 0 Å². The summed E-state index contributed by atoms with van der Waals surface area (Å²) in [6.07, 6.45) is 0. The van der Waals surface area contributed by atoms with Crippen LogP contribution in [0.1, 0.15) is 36.7 Å². The number of halogens is 1. The minimum Gasteiger partial charge on any atom is -0.422 e. The maximum atomic E-state index is 12.6. The van der Waals surface area contributed by atoms with Gasteiger partial charge in [0.25, 0.3) is 5.91 Å². The topological polar surface area (TPSA) is 59.3 Å². The van der Waals surface area contributed by atoms with E-state index in [2.05, 4.69) is 26.1 Å². The molecule has 0 saturated carbocycles. The number of hydrogen-bond acceptors (Lipinski definition) is 3. The van der Waals surface area contributed by atoms with Crippen molar-refractivity contribution in [2.24, 2.45) is 0 Å². The fourth-order valence-electron chi connectivity index (χ4n) is 3.39. The third kappa shape index (κ3) is 4.39. The third-order valence-corrected chi connectivity index (χ3v) is 5.48. The molecule has 1 amide bonds. The van der Waals surface area contributed by atoms with Crippen LogP contribution in [-0.4, -0.2) is 5.91 Å². The molecule has 0 saturated heterocycles. The molecule has 0 aliphatic carbocycles. The number of nitrogens with one attached hydrogen (secondary N) is 1. The van der Waals surface area contributed by atoms with Crippen LogP contribution in [0.5, 0.6) is 0 Å². The average Bonchev–Trinajstić information content (AvgIpc) is 2.73. The summed E-state index contributed by atoms with van der Waals surface area (Å²) < 4.78 is 5.40. The standard InChI is InChI=1S/C26H22ClNO3/c1-26(2,3)18-10-8-16(9-11-18)24(29)28-19-12-13-20(22(27)15-19)21-14-17-6-4-5-7-23(17)31-25(21)30/h4-15H,1-3H3,(H,28,29). The number of carbonyl (C=O) groups excluding carboxylic acids is 1. The lowest BCUT2D eigenvalue weighted by Crippen LogP contribution is -2.14. The van der Waals surface area contributed by atoms with E-state index in [0.29, 0.717) is 33.0 Å². The Balaban J connectivity index is 1.59. The molecule has 5 heteroatoms. The van der Waals surface area contributed by atoms with Crippen LogP contribution in [0, 0.1) is 0 Å². The van der Waals surface area contributed by atoms with Gasteiger partial charge in [0.1, 0.15) is 5.58 Å². The van der Waals surface area contributed by atoms with E-state index in [1.807, 2.05) is 42.5 Å².